The number of piperazine rings is 1. The number of aryl methyl sites for hydroxylation is 1. The molecule has 8 heteroatoms. The number of hydrogen-bond acceptors (Lipinski definition) is 4. The molecule has 0 aromatic heterocycles. The van der Waals surface area contributed by atoms with Crippen molar-refractivity contribution >= 4 is 42.3 Å². The quantitative estimate of drug-likeness (QED) is 0.754. The zero-order valence-electron chi connectivity index (χ0n) is 17.5. The molecule has 2 aliphatic heterocycles. The van der Waals surface area contributed by atoms with E-state index < -0.39 is 6.04 Å². The maximum Gasteiger partial charge on any atom is 0.244 e. The second-order valence-corrected chi connectivity index (χ2v) is 7.77. The third-order valence-electron chi connectivity index (χ3n) is 5.88. The van der Waals surface area contributed by atoms with Crippen LogP contribution in [0.15, 0.2) is 54.6 Å². The molecule has 0 radical (unpaired) electrons. The topological polar surface area (TPSA) is 69.9 Å². The first kappa shape index (κ1) is 25.1. The zero-order chi connectivity index (χ0) is 20.2. The predicted octanol–water partition coefficient (Wildman–Crippen LogP) is 2.65. The number of nitrogens with zero attached hydrogens (tertiary/aromatic N) is 3. The van der Waals surface area contributed by atoms with Crippen molar-refractivity contribution < 1.29 is 9.59 Å². The number of para-hydroxylation sites is 1. The van der Waals surface area contributed by atoms with Gasteiger partial charge in [-0.3, -0.25) is 14.5 Å². The fourth-order valence-electron chi connectivity index (χ4n) is 4.20. The SMILES string of the molecule is Cl.Cl.NC(C(=O)N1CCN(CC(=O)N2CCCc3ccccc32)CC1)c1ccccc1. The summed E-state index contributed by atoms with van der Waals surface area (Å²) >= 11 is 0. The molecule has 0 aliphatic carbocycles. The summed E-state index contributed by atoms with van der Waals surface area (Å²) in [6, 6.07) is 17.0. The number of halogens is 2. The van der Waals surface area contributed by atoms with Crippen molar-refractivity contribution in [3.05, 3.63) is 65.7 Å². The summed E-state index contributed by atoms with van der Waals surface area (Å²) in [6.45, 7) is 3.75. The monoisotopic (exact) mass is 464 g/mol. The third kappa shape index (κ3) is 5.77. The molecule has 1 unspecified atom stereocenters. The molecule has 2 aromatic rings. The maximum atomic E-state index is 12.9. The molecule has 6 nitrogen and oxygen atoms in total. The number of carbonyl (C=O) groups excluding carboxylic acids is 2. The molecule has 0 bridgehead atoms. The van der Waals surface area contributed by atoms with E-state index in [2.05, 4.69) is 11.0 Å². The minimum absolute atomic E-state index is 0. The van der Waals surface area contributed by atoms with Gasteiger partial charge in [-0.05, 0) is 30.0 Å². The number of rotatable bonds is 4. The van der Waals surface area contributed by atoms with E-state index in [1.807, 2.05) is 58.3 Å². The third-order valence-corrected chi connectivity index (χ3v) is 5.88. The van der Waals surface area contributed by atoms with E-state index in [9.17, 15) is 9.59 Å². The smallest absolute Gasteiger partial charge is 0.244 e. The molecule has 2 aromatic carbocycles. The van der Waals surface area contributed by atoms with Crippen molar-refractivity contribution in [3.63, 3.8) is 0 Å². The van der Waals surface area contributed by atoms with Crippen LogP contribution in [0.2, 0.25) is 0 Å². The maximum absolute atomic E-state index is 12.9. The van der Waals surface area contributed by atoms with Gasteiger partial charge in [0.1, 0.15) is 6.04 Å². The molecule has 31 heavy (non-hydrogen) atoms. The lowest BCUT2D eigenvalue weighted by Gasteiger charge is -2.37. The molecule has 2 heterocycles. The van der Waals surface area contributed by atoms with Gasteiger partial charge in [-0.25, -0.2) is 0 Å². The summed E-state index contributed by atoms with van der Waals surface area (Å²) in [5.41, 5.74) is 9.29. The van der Waals surface area contributed by atoms with Gasteiger partial charge in [0, 0.05) is 38.4 Å². The summed E-state index contributed by atoms with van der Waals surface area (Å²) in [4.78, 5) is 31.5. The number of hydrogen-bond donors (Lipinski definition) is 1. The Labute approximate surface area is 196 Å². The Morgan fingerprint density at radius 3 is 2.23 bits per heavy atom. The standard InChI is InChI=1S/C23H28N4O2.2ClH/c24-22(19-8-2-1-3-9-19)23(29)26-15-13-25(14-16-26)17-21(28)27-12-6-10-18-7-4-5-11-20(18)27;;/h1-5,7-9,11,22H,6,10,12-17,24H2;2*1H. The highest BCUT2D eigenvalue weighted by molar-refractivity contribution is 5.96. The number of benzene rings is 2. The van der Waals surface area contributed by atoms with E-state index >= 15 is 0 Å². The molecule has 0 spiro atoms. The Morgan fingerprint density at radius 2 is 1.52 bits per heavy atom. The first-order valence-electron chi connectivity index (χ1n) is 10.3. The normalized spacial score (nSPS) is 17.1. The van der Waals surface area contributed by atoms with Crippen LogP contribution in [0.1, 0.15) is 23.6 Å². The lowest BCUT2D eigenvalue weighted by Crippen LogP contribution is -2.53. The van der Waals surface area contributed by atoms with Gasteiger partial charge in [0.05, 0.1) is 6.54 Å². The molecule has 1 saturated heterocycles. The van der Waals surface area contributed by atoms with Crippen LogP contribution in [0.5, 0.6) is 0 Å². The molecule has 2 N–H and O–H groups in total. The second kappa shape index (κ2) is 11.5. The first-order valence-corrected chi connectivity index (χ1v) is 10.3. The largest absolute Gasteiger partial charge is 0.338 e. The van der Waals surface area contributed by atoms with Gasteiger partial charge < -0.3 is 15.5 Å². The highest BCUT2D eigenvalue weighted by Gasteiger charge is 2.29. The van der Waals surface area contributed by atoms with Crippen molar-refractivity contribution in [1.29, 1.82) is 0 Å². The lowest BCUT2D eigenvalue weighted by atomic mass is 10.0. The molecule has 0 saturated carbocycles. The molecule has 4 rings (SSSR count). The van der Waals surface area contributed by atoms with E-state index in [1.165, 1.54) is 5.56 Å². The number of amides is 2. The zero-order valence-corrected chi connectivity index (χ0v) is 19.1. The van der Waals surface area contributed by atoms with Gasteiger partial charge >= 0.3 is 0 Å². The fraction of sp³-hybridized carbons (Fsp3) is 0.391. The first-order chi connectivity index (χ1) is 14.1. The summed E-state index contributed by atoms with van der Waals surface area (Å²) in [5.74, 6) is 0.0880. The highest BCUT2D eigenvalue weighted by Crippen LogP contribution is 2.27. The van der Waals surface area contributed by atoms with Crippen LogP contribution in [0.25, 0.3) is 0 Å². The van der Waals surface area contributed by atoms with Crippen molar-refractivity contribution in [2.45, 2.75) is 18.9 Å². The van der Waals surface area contributed by atoms with Crippen LogP contribution < -0.4 is 10.6 Å². The van der Waals surface area contributed by atoms with Gasteiger partial charge in [-0.15, -0.1) is 24.8 Å². The van der Waals surface area contributed by atoms with Gasteiger partial charge in [0.25, 0.3) is 0 Å². The minimum atomic E-state index is -0.630. The van der Waals surface area contributed by atoms with E-state index in [0.29, 0.717) is 32.7 Å². The van der Waals surface area contributed by atoms with Crippen LogP contribution in [0.4, 0.5) is 5.69 Å². The van der Waals surface area contributed by atoms with E-state index in [-0.39, 0.29) is 36.6 Å². The Hall–Kier alpha value is -2.12. The second-order valence-electron chi connectivity index (χ2n) is 7.77. The summed E-state index contributed by atoms with van der Waals surface area (Å²) in [7, 11) is 0. The number of nitrogens with two attached hydrogens (primary N) is 1. The summed E-state index contributed by atoms with van der Waals surface area (Å²) in [6.07, 6.45) is 2.03. The predicted molar refractivity (Wildman–Crippen MR) is 128 cm³/mol. The Morgan fingerprint density at radius 1 is 0.871 bits per heavy atom. The molecular formula is C23H30Cl2N4O2. The van der Waals surface area contributed by atoms with E-state index in [0.717, 1.165) is 30.6 Å². The highest BCUT2D eigenvalue weighted by atomic mass is 35.5. The van der Waals surface area contributed by atoms with Crippen LogP contribution in [0.3, 0.4) is 0 Å². The van der Waals surface area contributed by atoms with Crippen molar-refractivity contribution in [2.75, 3.05) is 44.2 Å². The Kier molecular flexibility index (Phi) is 9.32. The summed E-state index contributed by atoms with van der Waals surface area (Å²) in [5, 5.41) is 0. The molecule has 2 amide bonds. The minimum Gasteiger partial charge on any atom is -0.338 e. The number of anilines is 1. The van der Waals surface area contributed by atoms with Crippen LogP contribution in [-0.4, -0.2) is 60.9 Å². The molecule has 1 atom stereocenters. The molecule has 168 valence electrons. The average Bonchev–Trinajstić information content (AvgIpc) is 2.78. The van der Waals surface area contributed by atoms with Crippen molar-refractivity contribution in [1.82, 2.24) is 9.80 Å². The van der Waals surface area contributed by atoms with Crippen molar-refractivity contribution in [2.24, 2.45) is 5.73 Å². The van der Waals surface area contributed by atoms with Crippen LogP contribution >= 0.6 is 24.8 Å². The van der Waals surface area contributed by atoms with Gasteiger partial charge in [0.2, 0.25) is 11.8 Å². The number of fused-ring (bicyclic) bond motifs is 1. The van der Waals surface area contributed by atoms with Crippen LogP contribution in [-0.2, 0) is 16.0 Å². The molecular weight excluding hydrogens is 435 g/mol. The average molecular weight is 465 g/mol. The Balaban J connectivity index is 0.00000171. The van der Waals surface area contributed by atoms with Gasteiger partial charge in [-0.1, -0.05) is 48.5 Å². The lowest BCUT2D eigenvalue weighted by molar-refractivity contribution is -0.134. The van der Waals surface area contributed by atoms with Gasteiger partial charge in [0.15, 0.2) is 0 Å². The van der Waals surface area contributed by atoms with E-state index in [4.69, 9.17) is 5.73 Å². The fourth-order valence-corrected chi connectivity index (χ4v) is 4.20. The molecule has 2 aliphatic rings. The number of carbonyl (C=O) groups is 2. The van der Waals surface area contributed by atoms with Gasteiger partial charge in [-0.2, -0.15) is 0 Å². The molecule has 1 fully saturated rings. The Bertz CT molecular complexity index is 873. The summed E-state index contributed by atoms with van der Waals surface area (Å²) < 4.78 is 0. The van der Waals surface area contributed by atoms with E-state index in [1.54, 1.807) is 0 Å². The van der Waals surface area contributed by atoms with Crippen molar-refractivity contribution in [3.8, 4) is 0 Å². The van der Waals surface area contributed by atoms with Crippen LogP contribution in [0, 0.1) is 0 Å².